The van der Waals surface area contributed by atoms with Gasteiger partial charge in [-0.1, -0.05) is 61.0 Å². The molecule has 3 rings (SSSR count). The van der Waals surface area contributed by atoms with Crippen LogP contribution < -0.4 is 9.62 Å². The second kappa shape index (κ2) is 12.9. The fraction of sp³-hybridized carbons (Fsp3) is 0.310. The number of benzene rings is 3. The van der Waals surface area contributed by atoms with Crippen LogP contribution in [0.15, 0.2) is 83.8 Å². The summed E-state index contributed by atoms with van der Waals surface area (Å²) in [5.41, 5.74) is 2.17. The van der Waals surface area contributed by atoms with Crippen molar-refractivity contribution < 1.29 is 18.0 Å². The minimum Gasteiger partial charge on any atom is -0.352 e. The lowest BCUT2D eigenvalue weighted by Gasteiger charge is -2.32. The largest absolute Gasteiger partial charge is 0.352 e. The lowest BCUT2D eigenvalue weighted by molar-refractivity contribution is -0.139. The van der Waals surface area contributed by atoms with Crippen LogP contribution in [-0.2, 0) is 26.2 Å². The van der Waals surface area contributed by atoms with E-state index in [2.05, 4.69) is 5.32 Å². The minimum absolute atomic E-state index is 0.00608. The molecule has 0 saturated heterocycles. The van der Waals surface area contributed by atoms with E-state index in [0.717, 1.165) is 21.9 Å². The molecule has 0 radical (unpaired) electrons. The van der Waals surface area contributed by atoms with E-state index in [-0.39, 0.29) is 23.4 Å². The molecule has 9 heteroatoms. The normalized spacial score (nSPS) is 12.9. The van der Waals surface area contributed by atoms with Crippen LogP contribution in [0.3, 0.4) is 0 Å². The summed E-state index contributed by atoms with van der Waals surface area (Å²) in [7, 11) is -4.12. The van der Waals surface area contributed by atoms with Crippen LogP contribution in [0.5, 0.6) is 0 Å². The second-order valence-electron chi connectivity index (χ2n) is 9.24. The number of rotatable bonds is 11. The number of amides is 2. The van der Waals surface area contributed by atoms with Gasteiger partial charge in [0.1, 0.15) is 12.6 Å². The van der Waals surface area contributed by atoms with E-state index in [4.69, 9.17) is 11.6 Å². The molecule has 2 amide bonds. The quantitative estimate of drug-likeness (QED) is 0.353. The Hall–Kier alpha value is -3.36. The third-order valence-corrected chi connectivity index (χ3v) is 8.54. The number of aryl methyl sites for hydroxylation is 1. The summed E-state index contributed by atoms with van der Waals surface area (Å²) >= 11 is 5.98. The first kappa shape index (κ1) is 29.2. The lowest BCUT2D eigenvalue weighted by atomic mass is 10.1. The Morgan fingerprint density at radius 1 is 0.921 bits per heavy atom. The van der Waals surface area contributed by atoms with Crippen LogP contribution in [0.4, 0.5) is 5.69 Å². The zero-order valence-corrected chi connectivity index (χ0v) is 23.7. The molecule has 0 aliphatic rings. The zero-order chi connectivity index (χ0) is 27.9. The average molecular weight is 556 g/mol. The molecular weight excluding hydrogens is 522 g/mol. The highest BCUT2D eigenvalue weighted by molar-refractivity contribution is 7.92. The Bertz CT molecular complexity index is 1350. The van der Waals surface area contributed by atoms with Crippen LogP contribution in [0.25, 0.3) is 0 Å². The van der Waals surface area contributed by atoms with Crippen LogP contribution in [0.1, 0.15) is 38.3 Å². The fourth-order valence-corrected chi connectivity index (χ4v) is 5.42. The lowest BCUT2D eigenvalue weighted by Crippen LogP contribution is -2.52. The summed E-state index contributed by atoms with van der Waals surface area (Å²) in [6, 6.07) is 21.0. The highest BCUT2D eigenvalue weighted by Gasteiger charge is 2.32. The molecule has 3 aromatic rings. The van der Waals surface area contributed by atoms with E-state index >= 15 is 0 Å². The summed E-state index contributed by atoms with van der Waals surface area (Å²) in [5.74, 6) is -0.797. The first-order chi connectivity index (χ1) is 18.0. The highest BCUT2D eigenvalue weighted by atomic mass is 35.5. The summed E-state index contributed by atoms with van der Waals surface area (Å²) in [4.78, 5) is 28.4. The standard InChI is InChI=1S/C29H34ClN3O4S/c1-5-22(3)31-29(35)23(4)32(19-24-12-10-9-11-21(24)2)28(34)20-33(26-13-7-6-8-14-26)38(36,37)27-17-15-25(30)16-18-27/h6-18,22-23H,5,19-20H2,1-4H3,(H,31,35). The highest BCUT2D eigenvalue weighted by Crippen LogP contribution is 2.25. The number of nitrogens with zero attached hydrogens (tertiary/aromatic N) is 2. The van der Waals surface area contributed by atoms with E-state index in [1.54, 1.807) is 37.3 Å². The number of hydrogen-bond donors (Lipinski definition) is 1. The average Bonchev–Trinajstić information content (AvgIpc) is 2.91. The number of sulfonamides is 1. The van der Waals surface area contributed by atoms with Gasteiger partial charge in [-0.15, -0.1) is 0 Å². The molecule has 38 heavy (non-hydrogen) atoms. The van der Waals surface area contributed by atoms with Crippen LogP contribution in [0.2, 0.25) is 5.02 Å². The van der Waals surface area contributed by atoms with E-state index in [1.165, 1.54) is 29.2 Å². The van der Waals surface area contributed by atoms with E-state index in [9.17, 15) is 18.0 Å². The maximum Gasteiger partial charge on any atom is 0.264 e. The molecule has 0 aliphatic carbocycles. The van der Waals surface area contributed by atoms with Crippen molar-refractivity contribution in [3.05, 3.63) is 95.0 Å². The molecule has 2 unspecified atom stereocenters. The number of halogens is 1. The molecule has 0 bridgehead atoms. The van der Waals surface area contributed by atoms with Gasteiger partial charge in [0.15, 0.2) is 0 Å². The molecule has 0 saturated carbocycles. The van der Waals surface area contributed by atoms with Crippen molar-refractivity contribution in [1.82, 2.24) is 10.2 Å². The van der Waals surface area contributed by atoms with Gasteiger partial charge in [-0.3, -0.25) is 13.9 Å². The Kier molecular flexibility index (Phi) is 9.94. The van der Waals surface area contributed by atoms with Crippen molar-refractivity contribution >= 4 is 39.1 Å². The Morgan fingerprint density at radius 3 is 2.13 bits per heavy atom. The molecular formula is C29H34ClN3O4S. The third kappa shape index (κ3) is 7.14. The molecule has 0 spiro atoms. The van der Waals surface area contributed by atoms with Gasteiger partial charge in [0.25, 0.3) is 10.0 Å². The topological polar surface area (TPSA) is 86.8 Å². The van der Waals surface area contributed by atoms with Crippen molar-refractivity contribution in [3.8, 4) is 0 Å². The minimum atomic E-state index is -4.12. The van der Waals surface area contributed by atoms with Gasteiger partial charge in [-0.05, 0) is 74.7 Å². The maximum absolute atomic E-state index is 13.9. The third-order valence-electron chi connectivity index (χ3n) is 6.49. The summed E-state index contributed by atoms with van der Waals surface area (Å²) in [6.45, 7) is 7.13. The van der Waals surface area contributed by atoms with Gasteiger partial charge in [0, 0.05) is 17.6 Å². The molecule has 3 aromatic carbocycles. The predicted molar refractivity (Wildman–Crippen MR) is 152 cm³/mol. The Morgan fingerprint density at radius 2 is 1.53 bits per heavy atom. The van der Waals surface area contributed by atoms with Crippen LogP contribution in [-0.4, -0.2) is 43.8 Å². The number of hydrogen-bond acceptors (Lipinski definition) is 4. The molecule has 0 fully saturated rings. The SMILES string of the molecule is CCC(C)NC(=O)C(C)N(Cc1ccccc1C)C(=O)CN(c1ccccc1)S(=O)(=O)c1ccc(Cl)cc1. The van der Waals surface area contributed by atoms with Crippen molar-refractivity contribution in [2.75, 3.05) is 10.8 Å². The number of anilines is 1. The van der Waals surface area contributed by atoms with Crippen molar-refractivity contribution in [3.63, 3.8) is 0 Å². The fourth-order valence-electron chi connectivity index (χ4n) is 3.88. The number of nitrogens with one attached hydrogen (secondary N) is 1. The Balaban J connectivity index is 2.01. The van der Waals surface area contributed by atoms with Crippen LogP contribution in [0, 0.1) is 6.92 Å². The van der Waals surface area contributed by atoms with Gasteiger partial charge in [0.2, 0.25) is 11.8 Å². The first-order valence-electron chi connectivity index (χ1n) is 12.5. The van der Waals surface area contributed by atoms with E-state index < -0.39 is 28.5 Å². The van der Waals surface area contributed by atoms with Gasteiger partial charge < -0.3 is 10.2 Å². The molecule has 1 N–H and O–H groups in total. The predicted octanol–water partition coefficient (Wildman–Crippen LogP) is 5.18. The molecule has 0 aliphatic heterocycles. The first-order valence-corrected chi connectivity index (χ1v) is 14.3. The van der Waals surface area contributed by atoms with Gasteiger partial charge in [0.05, 0.1) is 10.6 Å². The number of para-hydroxylation sites is 1. The summed E-state index contributed by atoms with van der Waals surface area (Å²) < 4.78 is 28.5. The van der Waals surface area contributed by atoms with Crippen molar-refractivity contribution in [1.29, 1.82) is 0 Å². The number of carbonyl (C=O) groups excluding carboxylic acids is 2. The van der Waals surface area contributed by atoms with Crippen molar-refractivity contribution in [2.24, 2.45) is 0 Å². The number of carbonyl (C=O) groups is 2. The van der Waals surface area contributed by atoms with Crippen LogP contribution >= 0.6 is 11.6 Å². The van der Waals surface area contributed by atoms with E-state index in [1.807, 2.05) is 45.0 Å². The molecule has 0 heterocycles. The molecule has 7 nitrogen and oxygen atoms in total. The van der Waals surface area contributed by atoms with Gasteiger partial charge in [-0.25, -0.2) is 8.42 Å². The smallest absolute Gasteiger partial charge is 0.264 e. The maximum atomic E-state index is 13.9. The zero-order valence-electron chi connectivity index (χ0n) is 22.1. The summed E-state index contributed by atoms with van der Waals surface area (Å²) in [5, 5.41) is 3.33. The molecule has 0 aromatic heterocycles. The van der Waals surface area contributed by atoms with E-state index in [0.29, 0.717) is 10.7 Å². The second-order valence-corrected chi connectivity index (χ2v) is 11.5. The monoisotopic (exact) mass is 555 g/mol. The Labute approximate surface area is 230 Å². The van der Waals surface area contributed by atoms with Crippen molar-refractivity contribution in [2.45, 2.75) is 57.6 Å². The van der Waals surface area contributed by atoms with Gasteiger partial charge >= 0.3 is 0 Å². The molecule has 2 atom stereocenters. The van der Waals surface area contributed by atoms with Gasteiger partial charge in [-0.2, -0.15) is 0 Å². The summed E-state index contributed by atoms with van der Waals surface area (Å²) in [6.07, 6.45) is 0.741. The molecule has 202 valence electrons.